The average molecular weight is 395 g/mol. The van der Waals surface area contributed by atoms with Gasteiger partial charge >= 0.3 is 5.97 Å². The molecule has 150 valence electrons. The molecule has 0 fully saturated rings. The summed E-state index contributed by atoms with van der Waals surface area (Å²) < 4.78 is 18.7. The third-order valence-electron chi connectivity index (χ3n) is 4.15. The largest absolute Gasteiger partial charge is 0.448 e. The molecule has 2 aromatic carbocycles. The quantitative estimate of drug-likeness (QED) is 0.458. The second-order valence-electron chi connectivity index (χ2n) is 6.66. The van der Waals surface area contributed by atoms with Crippen LogP contribution in [0.4, 0.5) is 15.8 Å². The summed E-state index contributed by atoms with van der Waals surface area (Å²) >= 11 is 0. The number of benzene rings is 2. The van der Waals surface area contributed by atoms with Crippen molar-refractivity contribution in [2.24, 2.45) is 0 Å². The number of nitriles is 1. The zero-order chi connectivity index (χ0) is 21.6. The molecule has 0 bridgehead atoms. The summed E-state index contributed by atoms with van der Waals surface area (Å²) in [5.74, 6) is -2.00. The van der Waals surface area contributed by atoms with Crippen molar-refractivity contribution in [1.29, 1.82) is 5.26 Å². The first-order valence-corrected chi connectivity index (χ1v) is 8.88. The fourth-order valence-electron chi connectivity index (χ4n) is 2.36. The smallest absolute Gasteiger partial charge is 0.349 e. The van der Waals surface area contributed by atoms with E-state index in [0.29, 0.717) is 11.1 Å². The Hall–Kier alpha value is -3.66. The summed E-state index contributed by atoms with van der Waals surface area (Å²) in [7, 11) is 3.81. The van der Waals surface area contributed by atoms with Crippen molar-refractivity contribution >= 4 is 29.3 Å². The molecule has 0 saturated carbocycles. The lowest BCUT2D eigenvalue weighted by Gasteiger charge is -2.14. The van der Waals surface area contributed by atoms with E-state index in [-0.39, 0.29) is 11.3 Å². The molecular weight excluding hydrogens is 373 g/mol. The van der Waals surface area contributed by atoms with E-state index in [1.165, 1.54) is 25.1 Å². The van der Waals surface area contributed by atoms with Gasteiger partial charge in [-0.1, -0.05) is 18.2 Å². The second-order valence-corrected chi connectivity index (χ2v) is 6.66. The van der Waals surface area contributed by atoms with Gasteiger partial charge in [0.05, 0.1) is 0 Å². The van der Waals surface area contributed by atoms with Crippen molar-refractivity contribution < 1.29 is 18.7 Å². The maximum atomic E-state index is 13.6. The minimum atomic E-state index is -1.17. The van der Waals surface area contributed by atoms with Crippen LogP contribution in [0, 0.1) is 24.1 Å². The van der Waals surface area contributed by atoms with Crippen LogP contribution in [-0.2, 0) is 14.3 Å². The number of rotatable bonds is 6. The average Bonchev–Trinajstić information content (AvgIpc) is 2.69. The van der Waals surface area contributed by atoms with Crippen LogP contribution in [0.3, 0.4) is 0 Å². The Kier molecular flexibility index (Phi) is 7.10. The van der Waals surface area contributed by atoms with E-state index in [1.807, 2.05) is 31.1 Å². The van der Waals surface area contributed by atoms with Crippen LogP contribution in [0.2, 0.25) is 0 Å². The zero-order valence-corrected chi connectivity index (χ0v) is 16.7. The third kappa shape index (κ3) is 5.91. The second kappa shape index (κ2) is 9.51. The Morgan fingerprint density at radius 3 is 2.41 bits per heavy atom. The lowest BCUT2D eigenvalue weighted by molar-refractivity contribution is -0.148. The topological polar surface area (TPSA) is 82.4 Å². The van der Waals surface area contributed by atoms with Crippen LogP contribution in [0.25, 0.3) is 6.08 Å². The predicted molar refractivity (Wildman–Crippen MR) is 110 cm³/mol. The number of nitrogens with zero attached hydrogens (tertiary/aromatic N) is 2. The molecule has 0 spiro atoms. The van der Waals surface area contributed by atoms with Crippen LogP contribution in [0.15, 0.2) is 48.0 Å². The number of anilines is 2. The van der Waals surface area contributed by atoms with Crippen LogP contribution in [0.1, 0.15) is 18.1 Å². The molecule has 1 atom stereocenters. The maximum Gasteiger partial charge on any atom is 0.349 e. The molecule has 0 aliphatic carbocycles. The first-order chi connectivity index (χ1) is 13.7. The number of aryl methyl sites for hydroxylation is 1. The predicted octanol–water partition coefficient (Wildman–Crippen LogP) is 3.68. The summed E-state index contributed by atoms with van der Waals surface area (Å²) in [6.45, 7) is 2.98. The number of esters is 1. The Labute approximate surface area is 169 Å². The van der Waals surface area contributed by atoms with E-state index in [1.54, 1.807) is 31.2 Å². The van der Waals surface area contributed by atoms with Crippen molar-refractivity contribution in [3.8, 4) is 6.07 Å². The molecule has 0 radical (unpaired) electrons. The molecule has 2 rings (SSSR count). The highest BCUT2D eigenvalue weighted by atomic mass is 19.1. The van der Waals surface area contributed by atoms with Crippen LogP contribution in [-0.4, -0.2) is 32.1 Å². The molecule has 0 aromatic heterocycles. The molecule has 7 heteroatoms. The van der Waals surface area contributed by atoms with E-state index < -0.39 is 23.8 Å². The van der Waals surface area contributed by atoms with Gasteiger partial charge in [-0.25, -0.2) is 9.18 Å². The molecule has 0 heterocycles. The van der Waals surface area contributed by atoms with E-state index in [0.717, 1.165) is 5.69 Å². The van der Waals surface area contributed by atoms with Gasteiger partial charge in [-0.2, -0.15) is 5.26 Å². The first kappa shape index (κ1) is 21.6. The van der Waals surface area contributed by atoms with Crippen molar-refractivity contribution in [2.45, 2.75) is 20.0 Å². The number of carbonyl (C=O) groups is 2. The summed E-state index contributed by atoms with van der Waals surface area (Å²) in [6.07, 6.45) is 0.224. The fourth-order valence-corrected chi connectivity index (χ4v) is 2.36. The molecular formula is C22H22FN3O3. The van der Waals surface area contributed by atoms with Crippen LogP contribution >= 0.6 is 0 Å². The fraction of sp³-hybridized carbons (Fsp3) is 0.227. The number of halogens is 1. The lowest BCUT2D eigenvalue weighted by atomic mass is 10.1. The molecule has 1 amide bonds. The Morgan fingerprint density at radius 2 is 1.86 bits per heavy atom. The number of nitrogens with one attached hydrogen (secondary N) is 1. The summed E-state index contributed by atoms with van der Waals surface area (Å²) in [5.41, 5.74) is 2.09. The van der Waals surface area contributed by atoms with Gasteiger partial charge in [0.1, 0.15) is 17.5 Å². The van der Waals surface area contributed by atoms with Gasteiger partial charge in [-0.15, -0.1) is 0 Å². The van der Waals surface area contributed by atoms with Crippen LogP contribution in [0.5, 0.6) is 0 Å². The molecule has 2 aromatic rings. The van der Waals surface area contributed by atoms with Gasteiger partial charge in [-0.3, -0.25) is 4.79 Å². The summed E-state index contributed by atoms with van der Waals surface area (Å²) in [5, 5.41) is 11.7. The molecule has 0 saturated heterocycles. The van der Waals surface area contributed by atoms with E-state index in [2.05, 4.69) is 5.32 Å². The first-order valence-electron chi connectivity index (χ1n) is 8.88. The van der Waals surface area contributed by atoms with Crippen molar-refractivity contribution in [3.63, 3.8) is 0 Å². The van der Waals surface area contributed by atoms with E-state index in [9.17, 15) is 19.2 Å². The highest BCUT2D eigenvalue weighted by Crippen LogP contribution is 2.16. The standard InChI is InChI=1S/C22H22FN3O3/c1-14-5-8-18(12-20(14)23)25-21(27)15(2)29-22(28)17(13-24)11-16-6-9-19(10-7-16)26(3)4/h5-12,15H,1-4H3,(H,25,27)/b17-11+/t15-/m0/s1. The van der Waals surface area contributed by atoms with Crippen LogP contribution < -0.4 is 10.2 Å². The van der Waals surface area contributed by atoms with Crippen molar-refractivity contribution in [2.75, 3.05) is 24.3 Å². The summed E-state index contributed by atoms with van der Waals surface area (Å²) in [4.78, 5) is 26.4. The number of hydrogen-bond donors (Lipinski definition) is 1. The van der Waals surface area contributed by atoms with Gasteiger partial charge in [0, 0.05) is 25.5 Å². The highest BCUT2D eigenvalue weighted by molar-refractivity contribution is 6.01. The molecule has 1 N–H and O–H groups in total. The third-order valence-corrected chi connectivity index (χ3v) is 4.15. The monoisotopic (exact) mass is 395 g/mol. The van der Waals surface area contributed by atoms with E-state index >= 15 is 0 Å². The minimum absolute atomic E-state index is 0.233. The Balaban J connectivity index is 2.04. The van der Waals surface area contributed by atoms with Gasteiger partial charge in [0.2, 0.25) is 0 Å². The molecule has 29 heavy (non-hydrogen) atoms. The van der Waals surface area contributed by atoms with Gasteiger partial charge in [0.25, 0.3) is 5.91 Å². The van der Waals surface area contributed by atoms with Crippen molar-refractivity contribution in [1.82, 2.24) is 0 Å². The molecule has 6 nitrogen and oxygen atoms in total. The van der Waals surface area contributed by atoms with Gasteiger partial charge in [0.15, 0.2) is 6.10 Å². The zero-order valence-electron chi connectivity index (χ0n) is 16.7. The molecule has 0 aliphatic heterocycles. The SMILES string of the molecule is Cc1ccc(NC(=O)[C@H](C)OC(=O)/C(C#N)=C/c2ccc(N(C)C)cc2)cc1F. The van der Waals surface area contributed by atoms with E-state index in [4.69, 9.17) is 4.74 Å². The number of amides is 1. The van der Waals surface area contributed by atoms with Gasteiger partial charge in [-0.05, 0) is 55.3 Å². The lowest BCUT2D eigenvalue weighted by Crippen LogP contribution is -2.30. The molecule has 0 aliphatic rings. The highest BCUT2D eigenvalue weighted by Gasteiger charge is 2.21. The number of carbonyl (C=O) groups excluding carboxylic acids is 2. The summed E-state index contributed by atoms with van der Waals surface area (Å²) in [6, 6.07) is 13.3. The normalized spacial score (nSPS) is 11.9. The van der Waals surface area contributed by atoms with Crippen molar-refractivity contribution in [3.05, 3.63) is 65.0 Å². The number of ether oxygens (including phenoxy) is 1. The minimum Gasteiger partial charge on any atom is -0.448 e. The van der Waals surface area contributed by atoms with Gasteiger partial charge < -0.3 is 15.0 Å². The number of hydrogen-bond acceptors (Lipinski definition) is 5. The Bertz CT molecular complexity index is 976. The maximum absolute atomic E-state index is 13.6. The molecule has 0 unspecified atom stereocenters. The Morgan fingerprint density at radius 1 is 1.21 bits per heavy atom.